The lowest BCUT2D eigenvalue weighted by Crippen LogP contribution is -2.33. The van der Waals surface area contributed by atoms with Crippen molar-refractivity contribution in [3.63, 3.8) is 0 Å². The number of nitrogens with zero attached hydrogens (tertiary/aromatic N) is 2. The maximum absolute atomic E-state index is 12.9. The second kappa shape index (κ2) is 5.95. The van der Waals surface area contributed by atoms with Crippen LogP contribution in [0.5, 0.6) is 0 Å². The lowest BCUT2D eigenvalue weighted by molar-refractivity contribution is 0.576. The summed E-state index contributed by atoms with van der Waals surface area (Å²) < 4.78 is 12.9. The Bertz CT molecular complexity index is 306. The molecule has 1 rings (SSSR count). The molecule has 1 atom stereocenters. The van der Waals surface area contributed by atoms with Crippen molar-refractivity contribution in [3.05, 3.63) is 24.1 Å². The molecular formula is C11H17FN2S. The molecule has 0 saturated carbocycles. The molecule has 0 aliphatic rings. The van der Waals surface area contributed by atoms with Gasteiger partial charge in [-0.05, 0) is 24.8 Å². The first-order valence-electron chi connectivity index (χ1n) is 5.03. The van der Waals surface area contributed by atoms with Crippen LogP contribution in [0.3, 0.4) is 0 Å². The summed E-state index contributed by atoms with van der Waals surface area (Å²) in [5.41, 5.74) is 0. The second-order valence-electron chi connectivity index (χ2n) is 3.45. The summed E-state index contributed by atoms with van der Waals surface area (Å²) in [5.74, 6) is 1.32. The molecule has 1 aromatic rings. The SMILES string of the molecule is CCC(CSC)N(C)c1cccc(F)n1. The van der Waals surface area contributed by atoms with Crippen LogP contribution in [0.1, 0.15) is 13.3 Å². The Kier molecular flexibility index (Phi) is 4.88. The van der Waals surface area contributed by atoms with E-state index in [9.17, 15) is 4.39 Å². The lowest BCUT2D eigenvalue weighted by Gasteiger charge is -2.27. The Morgan fingerprint density at radius 1 is 1.53 bits per heavy atom. The Labute approximate surface area is 94.9 Å². The minimum atomic E-state index is -0.418. The summed E-state index contributed by atoms with van der Waals surface area (Å²) in [7, 11) is 1.96. The number of aromatic nitrogens is 1. The fraction of sp³-hybridized carbons (Fsp3) is 0.545. The minimum Gasteiger partial charge on any atom is -0.356 e. The molecule has 0 aliphatic heterocycles. The van der Waals surface area contributed by atoms with Gasteiger partial charge in [-0.15, -0.1) is 0 Å². The van der Waals surface area contributed by atoms with E-state index >= 15 is 0 Å². The number of anilines is 1. The molecule has 0 bridgehead atoms. The minimum absolute atomic E-state index is 0.411. The quantitative estimate of drug-likeness (QED) is 0.721. The maximum atomic E-state index is 12.9. The molecule has 4 heteroatoms. The fourth-order valence-corrected chi connectivity index (χ4v) is 2.32. The van der Waals surface area contributed by atoms with Gasteiger partial charge in [0.1, 0.15) is 5.82 Å². The predicted octanol–water partition coefficient (Wildman–Crippen LogP) is 2.80. The average molecular weight is 228 g/mol. The molecule has 0 aliphatic carbocycles. The van der Waals surface area contributed by atoms with E-state index in [4.69, 9.17) is 0 Å². The molecule has 2 nitrogen and oxygen atoms in total. The monoisotopic (exact) mass is 228 g/mol. The number of pyridine rings is 1. The van der Waals surface area contributed by atoms with Crippen LogP contribution in [-0.4, -0.2) is 30.1 Å². The number of hydrogen-bond donors (Lipinski definition) is 0. The zero-order chi connectivity index (χ0) is 11.3. The first-order valence-corrected chi connectivity index (χ1v) is 6.42. The van der Waals surface area contributed by atoms with Crippen LogP contribution in [0.2, 0.25) is 0 Å². The highest BCUT2D eigenvalue weighted by Gasteiger charge is 2.13. The third kappa shape index (κ3) is 3.38. The van der Waals surface area contributed by atoms with Crippen molar-refractivity contribution in [1.29, 1.82) is 0 Å². The first kappa shape index (κ1) is 12.3. The van der Waals surface area contributed by atoms with Crippen molar-refractivity contribution >= 4 is 17.6 Å². The third-order valence-corrected chi connectivity index (χ3v) is 3.16. The maximum Gasteiger partial charge on any atom is 0.214 e. The number of thioether (sulfide) groups is 1. The first-order chi connectivity index (χ1) is 7.19. The molecule has 0 N–H and O–H groups in total. The molecule has 0 saturated heterocycles. The highest BCUT2D eigenvalue weighted by Crippen LogP contribution is 2.16. The third-order valence-electron chi connectivity index (χ3n) is 2.44. The molecule has 1 aromatic heterocycles. The molecule has 0 aromatic carbocycles. The van der Waals surface area contributed by atoms with Gasteiger partial charge >= 0.3 is 0 Å². The van der Waals surface area contributed by atoms with Gasteiger partial charge in [-0.25, -0.2) is 4.98 Å². The van der Waals surface area contributed by atoms with Crippen molar-refractivity contribution in [2.45, 2.75) is 19.4 Å². The van der Waals surface area contributed by atoms with Gasteiger partial charge < -0.3 is 4.90 Å². The van der Waals surface area contributed by atoms with Crippen molar-refractivity contribution in [3.8, 4) is 0 Å². The Balaban J connectivity index is 2.77. The molecule has 0 fully saturated rings. The van der Waals surface area contributed by atoms with Crippen molar-refractivity contribution in [1.82, 2.24) is 4.98 Å². The Morgan fingerprint density at radius 3 is 2.80 bits per heavy atom. The van der Waals surface area contributed by atoms with Crippen LogP contribution in [0.15, 0.2) is 18.2 Å². The van der Waals surface area contributed by atoms with Crippen LogP contribution >= 0.6 is 11.8 Å². The van der Waals surface area contributed by atoms with E-state index in [2.05, 4.69) is 18.2 Å². The van der Waals surface area contributed by atoms with E-state index in [1.165, 1.54) is 6.07 Å². The van der Waals surface area contributed by atoms with Gasteiger partial charge in [0, 0.05) is 18.8 Å². The van der Waals surface area contributed by atoms with Crippen LogP contribution in [0.25, 0.3) is 0 Å². The highest BCUT2D eigenvalue weighted by molar-refractivity contribution is 7.98. The number of halogens is 1. The van der Waals surface area contributed by atoms with Gasteiger partial charge in [-0.2, -0.15) is 16.2 Å². The van der Waals surface area contributed by atoms with E-state index in [-0.39, 0.29) is 0 Å². The van der Waals surface area contributed by atoms with Gasteiger partial charge in [0.15, 0.2) is 0 Å². The number of hydrogen-bond acceptors (Lipinski definition) is 3. The van der Waals surface area contributed by atoms with Gasteiger partial charge in [-0.1, -0.05) is 13.0 Å². The standard InChI is InChI=1S/C11H17FN2S/c1-4-9(8-15-3)14(2)11-7-5-6-10(12)13-11/h5-7,9H,4,8H2,1-3H3. The Hall–Kier alpha value is -0.770. The molecule has 0 radical (unpaired) electrons. The molecule has 0 spiro atoms. The molecule has 84 valence electrons. The normalized spacial score (nSPS) is 12.5. The molecule has 1 heterocycles. The summed E-state index contributed by atoms with van der Waals surface area (Å²) in [5, 5.41) is 0. The second-order valence-corrected chi connectivity index (χ2v) is 4.36. The zero-order valence-corrected chi connectivity index (χ0v) is 10.2. The van der Waals surface area contributed by atoms with Gasteiger partial charge in [-0.3, -0.25) is 0 Å². The summed E-state index contributed by atoms with van der Waals surface area (Å²) in [6.45, 7) is 2.14. The summed E-state index contributed by atoms with van der Waals surface area (Å²) >= 11 is 1.80. The van der Waals surface area contributed by atoms with Gasteiger partial charge in [0.25, 0.3) is 0 Å². The average Bonchev–Trinajstić information content (AvgIpc) is 2.25. The smallest absolute Gasteiger partial charge is 0.214 e. The number of rotatable bonds is 5. The predicted molar refractivity (Wildman–Crippen MR) is 65.1 cm³/mol. The summed E-state index contributed by atoms with van der Waals surface area (Å²) in [4.78, 5) is 5.92. The van der Waals surface area contributed by atoms with Gasteiger partial charge in [0.05, 0.1) is 0 Å². The summed E-state index contributed by atoms with van der Waals surface area (Å²) in [6, 6.07) is 5.31. The molecular weight excluding hydrogens is 211 g/mol. The van der Waals surface area contributed by atoms with Crippen LogP contribution in [-0.2, 0) is 0 Å². The van der Waals surface area contributed by atoms with E-state index in [1.54, 1.807) is 17.8 Å². The molecule has 0 amide bonds. The Morgan fingerprint density at radius 2 is 2.27 bits per heavy atom. The lowest BCUT2D eigenvalue weighted by atomic mass is 10.2. The van der Waals surface area contributed by atoms with Crippen molar-refractivity contribution < 1.29 is 4.39 Å². The van der Waals surface area contributed by atoms with E-state index in [0.717, 1.165) is 12.2 Å². The van der Waals surface area contributed by atoms with Crippen LogP contribution < -0.4 is 4.90 Å². The topological polar surface area (TPSA) is 16.1 Å². The van der Waals surface area contributed by atoms with Gasteiger partial charge in [0.2, 0.25) is 5.95 Å². The van der Waals surface area contributed by atoms with Crippen LogP contribution in [0, 0.1) is 5.95 Å². The molecule has 1 unspecified atom stereocenters. The fourth-order valence-electron chi connectivity index (χ4n) is 1.48. The van der Waals surface area contributed by atoms with E-state index in [1.807, 2.05) is 18.0 Å². The van der Waals surface area contributed by atoms with E-state index < -0.39 is 5.95 Å². The molecule has 15 heavy (non-hydrogen) atoms. The van der Waals surface area contributed by atoms with Crippen molar-refractivity contribution in [2.24, 2.45) is 0 Å². The summed E-state index contributed by atoms with van der Waals surface area (Å²) in [6.07, 6.45) is 3.12. The van der Waals surface area contributed by atoms with Crippen molar-refractivity contribution in [2.75, 3.05) is 24.0 Å². The van der Waals surface area contributed by atoms with E-state index in [0.29, 0.717) is 11.9 Å². The largest absolute Gasteiger partial charge is 0.356 e. The zero-order valence-electron chi connectivity index (χ0n) is 9.40. The highest BCUT2D eigenvalue weighted by atomic mass is 32.2. The van der Waals surface area contributed by atoms with Crippen LogP contribution in [0.4, 0.5) is 10.2 Å².